The summed E-state index contributed by atoms with van der Waals surface area (Å²) in [5, 5.41) is 3.37. The van der Waals surface area contributed by atoms with Crippen molar-refractivity contribution in [3.63, 3.8) is 0 Å². The summed E-state index contributed by atoms with van der Waals surface area (Å²) in [6.45, 7) is 3.32. The Balaban J connectivity index is 2.13. The highest BCUT2D eigenvalue weighted by Gasteiger charge is 2.15. The van der Waals surface area contributed by atoms with Crippen LogP contribution in [0.4, 0.5) is 4.39 Å². The minimum atomic E-state index is -0.211. The quantitative estimate of drug-likeness (QED) is 0.841. The zero-order chi connectivity index (χ0) is 14.4. The van der Waals surface area contributed by atoms with Gasteiger partial charge in [-0.2, -0.15) is 0 Å². The van der Waals surface area contributed by atoms with E-state index < -0.39 is 0 Å². The third-order valence-corrected chi connectivity index (χ3v) is 3.09. The van der Waals surface area contributed by atoms with Gasteiger partial charge in [-0.15, -0.1) is 0 Å². The van der Waals surface area contributed by atoms with E-state index in [1.165, 1.54) is 6.07 Å². The van der Waals surface area contributed by atoms with Crippen LogP contribution in [-0.2, 0) is 17.8 Å². The summed E-state index contributed by atoms with van der Waals surface area (Å²) in [4.78, 5) is 0. The molecule has 0 fully saturated rings. The molecule has 2 rings (SSSR count). The standard InChI is InChI=1S/C16H20FNO2/c1-3-18-15(10-12-5-4-6-13(17)9-12)16-8-7-14(20-16)11-19-2/h4-9,15,18H,3,10-11H2,1-2H3. The van der Waals surface area contributed by atoms with Crippen LogP contribution < -0.4 is 5.32 Å². The van der Waals surface area contributed by atoms with E-state index in [0.29, 0.717) is 13.0 Å². The van der Waals surface area contributed by atoms with Crippen molar-refractivity contribution in [3.8, 4) is 0 Å². The SMILES string of the molecule is CCNC(Cc1cccc(F)c1)c1ccc(COC)o1. The van der Waals surface area contributed by atoms with E-state index in [-0.39, 0.29) is 11.9 Å². The Morgan fingerprint density at radius 1 is 1.30 bits per heavy atom. The highest BCUT2D eigenvalue weighted by atomic mass is 19.1. The zero-order valence-corrected chi connectivity index (χ0v) is 11.9. The average molecular weight is 277 g/mol. The Bertz CT molecular complexity index is 539. The third kappa shape index (κ3) is 3.92. The summed E-state index contributed by atoms with van der Waals surface area (Å²) < 4.78 is 24.1. The van der Waals surface area contributed by atoms with Crippen molar-refractivity contribution in [2.75, 3.05) is 13.7 Å². The van der Waals surface area contributed by atoms with Crippen LogP contribution in [0.3, 0.4) is 0 Å². The van der Waals surface area contributed by atoms with Gasteiger partial charge in [-0.1, -0.05) is 19.1 Å². The third-order valence-electron chi connectivity index (χ3n) is 3.09. The fourth-order valence-corrected chi connectivity index (χ4v) is 2.22. The number of rotatable bonds is 7. The van der Waals surface area contributed by atoms with E-state index in [4.69, 9.17) is 9.15 Å². The molecule has 0 saturated heterocycles. The first kappa shape index (κ1) is 14.8. The summed E-state index contributed by atoms with van der Waals surface area (Å²) in [5.41, 5.74) is 0.945. The van der Waals surface area contributed by atoms with Crippen LogP contribution in [0.1, 0.15) is 30.0 Å². The first-order valence-electron chi connectivity index (χ1n) is 6.78. The first-order chi connectivity index (χ1) is 9.72. The van der Waals surface area contributed by atoms with Crippen LogP contribution in [0.2, 0.25) is 0 Å². The van der Waals surface area contributed by atoms with E-state index >= 15 is 0 Å². The average Bonchev–Trinajstić information content (AvgIpc) is 2.87. The number of nitrogens with one attached hydrogen (secondary N) is 1. The molecule has 1 unspecified atom stereocenters. The molecule has 0 saturated carbocycles. The second-order valence-electron chi connectivity index (χ2n) is 4.68. The van der Waals surface area contributed by atoms with Crippen molar-refractivity contribution < 1.29 is 13.5 Å². The highest BCUT2D eigenvalue weighted by Crippen LogP contribution is 2.21. The fraction of sp³-hybridized carbons (Fsp3) is 0.375. The second-order valence-corrected chi connectivity index (χ2v) is 4.68. The Morgan fingerprint density at radius 3 is 2.85 bits per heavy atom. The van der Waals surface area contributed by atoms with Gasteiger partial charge in [0.25, 0.3) is 0 Å². The predicted octanol–water partition coefficient (Wildman–Crippen LogP) is 3.46. The van der Waals surface area contributed by atoms with Gasteiger partial charge < -0.3 is 14.5 Å². The molecule has 0 radical (unpaired) electrons. The minimum absolute atomic E-state index is 0.0346. The molecule has 0 spiro atoms. The number of halogens is 1. The molecule has 0 bridgehead atoms. The van der Waals surface area contributed by atoms with Crippen LogP contribution in [0.25, 0.3) is 0 Å². The molecule has 4 heteroatoms. The smallest absolute Gasteiger partial charge is 0.129 e. The molecule has 0 amide bonds. The Morgan fingerprint density at radius 2 is 2.15 bits per heavy atom. The van der Waals surface area contributed by atoms with Crippen LogP contribution in [0.5, 0.6) is 0 Å². The van der Waals surface area contributed by atoms with Gasteiger partial charge in [0.05, 0.1) is 6.04 Å². The monoisotopic (exact) mass is 277 g/mol. The van der Waals surface area contributed by atoms with Crippen LogP contribution in [0, 0.1) is 5.82 Å². The summed E-state index contributed by atoms with van der Waals surface area (Å²) >= 11 is 0. The molecule has 2 aromatic rings. The van der Waals surface area contributed by atoms with Crippen LogP contribution in [0.15, 0.2) is 40.8 Å². The molecule has 1 aromatic heterocycles. The maximum atomic E-state index is 13.3. The van der Waals surface area contributed by atoms with Crippen molar-refractivity contribution in [2.24, 2.45) is 0 Å². The minimum Gasteiger partial charge on any atom is -0.462 e. The molecular formula is C16H20FNO2. The van der Waals surface area contributed by atoms with Crippen molar-refractivity contribution >= 4 is 0 Å². The van der Waals surface area contributed by atoms with Crippen molar-refractivity contribution in [2.45, 2.75) is 26.0 Å². The lowest BCUT2D eigenvalue weighted by Crippen LogP contribution is -2.22. The zero-order valence-electron chi connectivity index (χ0n) is 11.9. The lowest BCUT2D eigenvalue weighted by Gasteiger charge is -2.15. The molecule has 1 heterocycles. The van der Waals surface area contributed by atoms with E-state index in [9.17, 15) is 4.39 Å². The van der Waals surface area contributed by atoms with E-state index in [1.54, 1.807) is 19.2 Å². The molecule has 1 N–H and O–H groups in total. The maximum Gasteiger partial charge on any atom is 0.129 e. The molecular weight excluding hydrogens is 257 g/mol. The molecule has 108 valence electrons. The van der Waals surface area contributed by atoms with Crippen LogP contribution in [-0.4, -0.2) is 13.7 Å². The number of furan rings is 1. The number of likely N-dealkylation sites (N-methyl/N-ethyl adjacent to an activating group) is 1. The van der Waals surface area contributed by atoms with Crippen LogP contribution >= 0.6 is 0 Å². The van der Waals surface area contributed by atoms with Gasteiger partial charge >= 0.3 is 0 Å². The Kier molecular flexibility index (Phi) is 5.32. The highest BCUT2D eigenvalue weighted by molar-refractivity contribution is 5.20. The molecule has 20 heavy (non-hydrogen) atoms. The maximum absolute atomic E-state index is 13.3. The predicted molar refractivity (Wildman–Crippen MR) is 75.9 cm³/mol. The number of hydrogen-bond donors (Lipinski definition) is 1. The molecule has 0 aliphatic rings. The van der Waals surface area contributed by atoms with E-state index in [2.05, 4.69) is 5.32 Å². The molecule has 1 aromatic carbocycles. The largest absolute Gasteiger partial charge is 0.462 e. The summed E-state index contributed by atoms with van der Waals surface area (Å²) in [6.07, 6.45) is 0.686. The summed E-state index contributed by atoms with van der Waals surface area (Å²) in [6, 6.07) is 10.6. The Labute approximate surface area is 118 Å². The van der Waals surface area contributed by atoms with E-state index in [0.717, 1.165) is 23.6 Å². The molecule has 1 atom stereocenters. The van der Waals surface area contributed by atoms with Crippen molar-refractivity contribution in [1.29, 1.82) is 0 Å². The lowest BCUT2D eigenvalue weighted by molar-refractivity contribution is 0.161. The van der Waals surface area contributed by atoms with Crippen molar-refractivity contribution in [1.82, 2.24) is 5.32 Å². The number of benzene rings is 1. The number of hydrogen-bond acceptors (Lipinski definition) is 3. The normalized spacial score (nSPS) is 12.6. The fourth-order valence-electron chi connectivity index (χ4n) is 2.22. The number of methoxy groups -OCH3 is 1. The van der Waals surface area contributed by atoms with Gasteiger partial charge in [0.1, 0.15) is 23.9 Å². The topological polar surface area (TPSA) is 34.4 Å². The molecule has 0 aliphatic heterocycles. The second kappa shape index (κ2) is 7.22. The van der Waals surface area contributed by atoms with Gasteiger partial charge in [-0.3, -0.25) is 0 Å². The van der Waals surface area contributed by atoms with Gasteiger partial charge in [0.15, 0.2) is 0 Å². The Hall–Kier alpha value is -1.65. The summed E-state index contributed by atoms with van der Waals surface area (Å²) in [7, 11) is 1.64. The first-order valence-corrected chi connectivity index (χ1v) is 6.78. The van der Waals surface area contributed by atoms with Gasteiger partial charge in [-0.05, 0) is 42.8 Å². The summed E-state index contributed by atoms with van der Waals surface area (Å²) in [5.74, 6) is 1.44. The lowest BCUT2D eigenvalue weighted by atomic mass is 10.0. The molecule has 3 nitrogen and oxygen atoms in total. The van der Waals surface area contributed by atoms with E-state index in [1.807, 2.05) is 25.1 Å². The number of ether oxygens (including phenoxy) is 1. The van der Waals surface area contributed by atoms with Gasteiger partial charge in [-0.25, -0.2) is 4.39 Å². The van der Waals surface area contributed by atoms with Gasteiger partial charge in [0.2, 0.25) is 0 Å². The van der Waals surface area contributed by atoms with Crippen molar-refractivity contribution in [3.05, 3.63) is 59.3 Å². The van der Waals surface area contributed by atoms with Gasteiger partial charge in [0, 0.05) is 7.11 Å². The molecule has 0 aliphatic carbocycles.